The molecule has 0 saturated carbocycles. The fourth-order valence-corrected chi connectivity index (χ4v) is 2.65. The van der Waals surface area contributed by atoms with Gasteiger partial charge in [-0.15, -0.1) is 0 Å². The van der Waals surface area contributed by atoms with Gasteiger partial charge in [0.25, 0.3) is 0 Å². The predicted octanol–water partition coefficient (Wildman–Crippen LogP) is 3.97. The first-order chi connectivity index (χ1) is 9.11. The maximum Gasteiger partial charge on any atom is 0.133 e. The quantitative estimate of drug-likeness (QED) is 0.838. The van der Waals surface area contributed by atoms with E-state index in [2.05, 4.69) is 29.1 Å². The van der Waals surface area contributed by atoms with Gasteiger partial charge in [0.15, 0.2) is 0 Å². The third-order valence-corrected chi connectivity index (χ3v) is 4.01. The molecule has 0 radical (unpaired) electrons. The molecule has 4 nitrogen and oxygen atoms in total. The molecule has 0 aliphatic carbocycles. The van der Waals surface area contributed by atoms with Crippen molar-refractivity contribution in [2.75, 3.05) is 11.9 Å². The Morgan fingerprint density at radius 1 is 1.26 bits per heavy atom. The molecular formula is C14H19N3OS. The predicted molar refractivity (Wildman–Crippen MR) is 77.9 cm³/mol. The van der Waals surface area contributed by atoms with Crippen molar-refractivity contribution in [2.24, 2.45) is 0 Å². The van der Waals surface area contributed by atoms with Crippen LogP contribution in [0.5, 0.6) is 0 Å². The number of furan rings is 1. The molecule has 0 atom stereocenters. The summed E-state index contributed by atoms with van der Waals surface area (Å²) in [5.41, 5.74) is 1.09. The lowest BCUT2D eigenvalue weighted by Gasteiger charge is -2.11. The van der Waals surface area contributed by atoms with Crippen LogP contribution in [0.3, 0.4) is 0 Å². The minimum Gasteiger partial charge on any atom is -0.468 e. The molecule has 102 valence electrons. The largest absolute Gasteiger partial charge is 0.468 e. The molecule has 0 fully saturated rings. The Labute approximate surface area is 118 Å². The van der Waals surface area contributed by atoms with Crippen molar-refractivity contribution < 1.29 is 4.42 Å². The average Bonchev–Trinajstić information content (AvgIpc) is 2.77. The highest BCUT2D eigenvalue weighted by Crippen LogP contribution is 2.33. The topological polar surface area (TPSA) is 51.0 Å². The van der Waals surface area contributed by atoms with Crippen molar-refractivity contribution in [3.05, 3.63) is 29.5 Å². The molecule has 0 bridgehead atoms. The summed E-state index contributed by atoms with van der Waals surface area (Å²) in [5.74, 6) is 2.63. The minimum absolute atomic E-state index is 0.785. The first kappa shape index (κ1) is 13.9. The van der Waals surface area contributed by atoms with Crippen LogP contribution in [-0.4, -0.2) is 16.5 Å². The van der Waals surface area contributed by atoms with Gasteiger partial charge in [0.1, 0.15) is 22.4 Å². The first-order valence-electron chi connectivity index (χ1n) is 6.43. The summed E-state index contributed by atoms with van der Waals surface area (Å²) in [5, 5.41) is 4.33. The molecule has 0 amide bonds. The number of aryl methyl sites for hydroxylation is 2. The van der Waals surface area contributed by atoms with Crippen LogP contribution >= 0.6 is 11.8 Å². The van der Waals surface area contributed by atoms with Crippen molar-refractivity contribution >= 4 is 17.6 Å². The van der Waals surface area contributed by atoms with Gasteiger partial charge in [0.05, 0.1) is 11.2 Å². The van der Waals surface area contributed by atoms with Crippen molar-refractivity contribution in [3.63, 3.8) is 0 Å². The lowest BCUT2D eigenvalue weighted by molar-refractivity contribution is 0.527. The monoisotopic (exact) mass is 277 g/mol. The Bertz CT molecular complexity index is 566. The summed E-state index contributed by atoms with van der Waals surface area (Å²) in [6.07, 6.45) is 2.78. The van der Waals surface area contributed by atoms with E-state index in [1.54, 1.807) is 18.0 Å². The van der Waals surface area contributed by atoms with Gasteiger partial charge in [0, 0.05) is 12.1 Å². The molecule has 5 heteroatoms. The Morgan fingerprint density at radius 3 is 2.68 bits per heavy atom. The minimum atomic E-state index is 0.785. The molecule has 0 aliphatic heterocycles. The van der Waals surface area contributed by atoms with Gasteiger partial charge >= 0.3 is 0 Å². The molecule has 19 heavy (non-hydrogen) atoms. The third kappa shape index (κ3) is 3.29. The van der Waals surface area contributed by atoms with E-state index in [0.717, 1.165) is 45.9 Å². The molecule has 0 aromatic carbocycles. The van der Waals surface area contributed by atoms with E-state index in [-0.39, 0.29) is 0 Å². The van der Waals surface area contributed by atoms with Crippen molar-refractivity contribution in [2.45, 2.75) is 44.0 Å². The molecular weight excluding hydrogens is 258 g/mol. The molecule has 0 unspecified atom stereocenters. The zero-order chi connectivity index (χ0) is 13.8. The lowest BCUT2D eigenvalue weighted by Crippen LogP contribution is -2.07. The van der Waals surface area contributed by atoms with E-state index >= 15 is 0 Å². The Hall–Kier alpha value is -1.49. The second kappa shape index (κ2) is 6.10. The van der Waals surface area contributed by atoms with Gasteiger partial charge in [-0.1, -0.05) is 18.7 Å². The Balaban J connectivity index is 2.29. The van der Waals surface area contributed by atoms with E-state index in [1.165, 1.54) is 0 Å². The normalized spacial score (nSPS) is 10.7. The second-order valence-electron chi connectivity index (χ2n) is 4.42. The number of hydrogen-bond acceptors (Lipinski definition) is 5. The molecule has 2 rings (SSSR count). The zero-order valence-electron chi connectivity index (χ0n) is 11.8. The van der Waals surface area contributed by atoms with E-state index in [0.29, 0.717) is 0 Å². The number of rotatable bonds is 5. The molecule has 0 aliphatic rings. The van der Waals surface area contributed by atoms with Crippen molar-refractivity contribution in [1.29, 1.82) is 0 Å². The van der Waals surface area contributed by atoms with E-state index in [1.807, 2.05) is 19.9 Å². The second-order valence-corrected chi connectivity index (χ2v) is 5.45. The number of nitrogens with zero attached hydrogens (tertiary/aromatic N) is 2. The zero-order valence-corrected chi connectivity index (χ0v) is 12.6. The number of hydrogen-bond donors (Lipinski definition) is 1. The molecule has 0 saturated heterocycles. The molecule has 2 heterocycles. The summed E-state index contributed by atoms with van der Waals surface area (Å²) < 4.78 is 5.32. The van der Waals surface area contributed by atoms with Gasteiger partial charge in [-0.25, -0.2) is 9.97 Å². The number of anilines is 1. The maximum atomic E-state index is 5.32. The van der Waals surface area contributed by atoms with Crippen LogP contribution in [0.2, 0.25) is 0 Å². The Morgan fingerprint density at radius 2 is 2.05 bits per heavy atom. The average molecular weight is 277 g/mol. The van der Waals surface area contributed by atoms with Crippen LogP contribution < -0.4 is 5.32 Å². The fourth-order valence-electron chi connectivity index (χ4n) is 1.70. The van der Waals surface area contributed by atoms with E-state index in [4.69, 9.17) is 4.42 Å². The third-order valence-electron chi connectivity index (χ3n) is 2.77. The van der Waals surface area contributed by atoms with Gasteiger partial charge in [-0.05, 0) is 33.3 Å². The van der Waals surface area contributed by atoms with Gasteiger partial charge < -0.3 is 9.73 Å². The highest BCUT2D eigenvalue weighted by Gasteiger charge is 2.12. The number of aromatic nitrogens is 2. The van der Waals surface area contributed by atoms with Crippen LogP contribution in [0.1, 0.15) is 30.5 Å². The van der Waals surface area contributed by atoms with Crippen LogP contribution in [0.15, 0.2) is 26.7 Å². The van der Waals surface area contributed by atoms with Gasteiger partial charge in [-0.2, -0.15) is 0 Å². The standard InChI is InChI=1S/C14H19N3OS/c1-5-7-15-13-9(2)14(17-11(4)16-13)19-12-6-8-18-10(12)3/h6,8H,5,7H2,1-4H3,(H,15,16,17). The number of nitrogens with one attached hydrogen (secondary N) is 1. The summed E-state index contributed by atoms with van der Waals surface area (Å²) in [4.78, 5) is 10.1. The highest BCUT2D eigenvalue weighted by molar-refractivity contribution is 7.99. The summed E-state index contributed by atoms with van der Waals surface area (Å²) in [7, 11) is 0. The van der Waals surface area contributed by atoms with Gasteiger partial charge in [-0.3, -0.25) is 0 Å². The highest BCUT2D eigenvalue weighted by atomic mass is 32.2. The Kier molecular flexibility index (Phi) is 4.47. The van der Waals surface area contributed by atoms with Crippen LogP contribution in [0, 0.1) is 20.8 Å². The summed E-state index contributed by atoms with van der Waals surface area (Å²) in [6.45, 7) is 8.99. The van der Waals surface area contributed by atoms with E-state index in [9.17, 15) is 0 Å². The molecule has 1 N–H and O–H groups in total. The van der Waals surface area contributed by atoms with Crippen LogP contribution in [0.4, 0.5) is 5.82 Å². The van der Waals surface area contributed by atoms with E-state index < -0.39 is 0 Å². The van der Waals surface area contributed by atoms with Crippen molar-refractivity contribution in [1.82, 2.24) is 9.97 Å². The van der Waals surface area contributed by atoms with Crippen LogP contribution in [-0.2, 0) is 0 Å². The molecule has 0 spiro atoms. The maximum absolute atomic E-state index is 5.32. The van der Waals surface area contributed by atoms with Gasteiger partial charge in [0.2, 0.25) is 0 Å². The lowest BCUT2D eigenvalue weighted by atomic mass is 10.3. The van der Waals surface area contributed by atoms with Crippen LogP contribution in [0.25, 0.3) is 0 Å². The first-order valence-corrected chi connectivity index (χ1v) is 7.24. The molecule has 2 aromatic rings. The smallest absolute Gasteiger partial charge is 0.133 e. The molecule has 2 aromatic heterocycles. The summed E-state index contributed by atoms with van der Waals surface area (Å²) in [6, 6.07) is 1.97. The van der Waals surface area contributed by atoms with Crippen molar-refractivity contribution in [3.8, 4) is 0 Å². The summed E-state index contributed by atoms with van der Waals surface area (Å²) >= 11 is 1.62. The fraction of sp³-hybridized carbons (Fsp3) is 0.429. The SMILES string of the molecule is CCCNc1nc(C)nc(Sc2ccoc2C)c1C.